The van der Waals surface area contributed by atoms with E-state index in [0.29, 0.717) is 13.0 Å². The number of amides is 1. The van der Waals surface area contributed by atoms with Gasteiger partial charge in [-0.2, -0.15) is 0 Å². The lowest BCUT2D eigenvalue weighted by Crippen LogP contribution is -2.29. The number of unbranched alkanes of at least 4 members (excludes halogenated alkanes) is 5. The van der Waals surface area contributed by atoms with Crippen LogP contribution < -0.4 is 5.32 Å². The molecule has 0 spiro atoms. The summed E-state index contributed by atoms with van der Waals surface area (Å²) in [5.41, 5.74) is 1.04. The van der Waals surface area contributed by atoms with Crippen LogP contribution >= 0.6 is 0 Å². The van der Waals surface area contributed by atoms with E-state index >= 15 is 0 Å². The number of rotatable bonds is 11. The van der Waals surface area contributed by atoms with Gasteiger partial charge in [0.15, 0.2) is 18.0 Å². The van der Waals surface area contributed by atoms with Crippen molar-refractivity contribution in [2.45, 2.75) is 70.6 Å². The Hall–Kier alpha value is -1.68. The number of Topliss-reactive ketones (excluding diaryl/α,β-unsaturated/α-hetero) is 1. The highest BCUT2D eigenvalue weighted by atomic mass is 16.6. The summed E-state index contributed by atoms with van der Waals surface area (Å²) in [6, 6.07) is 9.71. The zero-order valence-corrected chi connectivity index (χ0v) is 13.9. The molecule has 1 aromatic carbocycles. The minimum atomic E-state index is -0.577. The van der Waals surface area contributed by atoms with E-state index in [1.54, 1.807) is 0 Å². The van der Waals surface area contributed by atoms with Gasteiger partial charge in [-0.1, -0.05) is 69.4 Å². The van der Waals surface area contributed by atoms with Crippen LogP contribution in [0.1, 0.15) is 57.4 Å². The van der Waals surface area contributed by atoms with Crippen LogP contribution in [0.25, 0.3) is 0 Å². The maximum Gasteiger partial charge on any atom is 0.252 e. The molecule has 1 fully saturated rings. The topological polar surface area (TPSA) is 58.7 Å². The number of hydrogen-bond donors (Lipinski definition) is 1. The van der Waals surface area contributed by atoms with Crippen molar-refractivity contribution in [2.75, 3.05) is 0 Å². The third-order valence-corrected chi connectivity index (χ3v) is 4.15. The number of epoxide rings is 1. The second-order valence-electron chi connectivity index (χ2n) is 6.16. The van der Waals surface area contributed by atoms with E-state index in [4.69, 9.17) is 4.74 Å². The van der Waals surface area contributed by atoms with Crippen LogP contribution in [0.4, 0.5) is 0 Å². The zero-order chi connectivity index (χ0) is 16.5. The van der Waals surface area contributed by atoms with Gasteiger partial charge in [0, 0.05) is 13.0 Å². The van der Waals surface area contributed by atoms with Gasteiger partial charge in [-0.25, -0.2) is 0 Å². The molecule has 23 heavy (non-hydrogen) atoms. The monoisotopic (exact) mass is 317 g/mol. The molecule has 0 saturated carbocycles. The SMILES string of the molecule is CCCCCCCCC(=O)[C@H]1O[C@H]1C(=O)NCc1ccccc1. The van der Waals surface area contributed by atoms with Gasteiger partial charge in [0.2, 0.25) is 0 Å². The van der Waals surface area contributed by atoms with Gasteiger partial charge >= 0.3 is 0 Å². The number of nitrogens with one attached hydrogen (secondary N) is 1. The number of carbonyl (C=O) groups is 2. The van der Waals surface area contributed by atoms with Crippen LogP contribution in [-0.2, 0) is 20.9 Å². The number of benzene rings is 1. The Balaban J connectivity index is 1.58. The second kappa shape index (κ2) is 9.46. The van der Waals surface area contributed by atoms with Crippen LogP contribution in [0, 0.1) is 0 Å². The van der Waals surface area contributed by atoms with Gasteiger partial charge in [0.25, 0.3) is 5.91 Å². The van der Waals surface area contributed by atoms with Gasteiger partial charge in [0.05, 0.1) is 0 Å². The molecule has 1 amide bonds. The molecule has 1 heterocycles. The first-order chi connectivity index (χ1) is 11.2. The molecule has 1 saturated heterocycles. The maximum absolute atomic E-state index is 12.0. The third-order valence-electron chi connectivity index (χ3n) is 4.15. The summed E-state index contributed by atoms with van der Waals surface area (Å²) < 4.78 is 5.26. The van der Waals surface area contributed by atoms with Crippen molar-refractivity contribution in [3.8, 4) is 0 Å². The van der Waals surface area contributed by atoms with Gasteiger partial charge in [-0.15, -0.1) is 0 Å². The standard InChI is InChI=1S/C19H27NO3/c1-2-3-4-5-6-10-13-16(21)17-18(23-17)19(22)20-14-15-11-8-7-9-12-15/h7-9,11-12,17-18H,2-6,10,13-14H2,1H3,(H,20,22)/t17-,18-/m1/s1. The molecule has 126 valence electrons. The molecule has 0 bridgehead atoms. The van der Waals surface area contributed by atoms with Crippen LogP contribution in [0.5, 0.6) is 0 Å². The van der Waals surface area contributed by atoms with E-state index in [9.17, 15) is 9.59 Å². The number of ether oxygens (including phenoxy) is 1. The molecule has 0 unspecified atom stereocenters. The lowest BCUT2D eigenvalue weighted by molar-refractivity contribution is -0.123. The summed E-state index contributed by atoms with van der Waals surface area (Å²) in [4.78, 5) is 23.9. The van der Waals surface area contributed by atoms with Crippen molar-refractivity contribution in [3.63, 3.8) is 0 Å². The number of ketones is 1. The highest BCUT2D eigenvalue weighted by Gasteiger charge is 2.49. The smallest absolute Gasteiger partial charge is 0.252 e. The van der Waals surface area contributed by atoms with Crippen molar-refractivity contribution in [2.24, 2.45) is 0 Å². The predicted molar refractivity (Wildman–Crippen MR) is 89.9 cm³/mol. The Kier molecular flexibility index (Phi) is 7.27. The van der Waals surface area contributed by atoms with Crippen LogP contribution in [-0.4, -0.2) is 23.9 Å². The molecule has 0 aromatic heterocycles. The molecular formula is C19H27NO3. The highest BCUT2D eigenvalue weighted by molar-refractivity contribution is 5.95. The molecule has 1 N–H and O–H groups in total. The van der Waals surface area contributed by atoms with E-state index in [1.165, 1.54) is 25.7 Å². The van der Waals surface area contributed by atoms with E-state index in [0.717, 1.165) is 18.4 Å². The van der Waals surface area contributed by atoms with E-state index in [2.05, 4.69) is 12.2 Å². The van der Waals surface area contributed by atoms with E-state index in [1.807, 2.05) is 30.3 Å². The molecule has 1 aromatic rings. The maximum atomic E-state index is 12.0. The highest BCUT2D eigenvalue weighted by Crippen LogP contribution is 2.25. The quantitative estimate of drug-likeness (QED) is 0.503. The van der Waals surface area contributed by atoms with Gasteiger partial charge in [-0.05, 0) is 12.0 Å². The fraction of sp³-hybridized carbons (Fsp3) is 0.579. The van der Waals surface area contributed by atoms with Crippen LogP contribution in [0.2, 0.25) is 0 Å². The Morgan fingerprint density at radius 2 is 1.70 bits per heavy atom. The summed E-state index contributed by atoms with van der Waals surface area (Å²) in [6.45, 7) is 2.66. The van der Waals surface area contributed by atoms with Gasteiger partial charge in [0.1, 0.15) is 0 Å². The van der Waals surface area contributed by atoms with Gasteiger partial charge in [-0.3, -0.25) is 9.59 Å². The summed E-state index contributed by atoms with van der Waals surface area (Å²) >= 11 is 0. The minimum absolute atomic E-state index is 0.0698. The molecule has 4 nitrogen and oxygen atoms in total. The van der Waals surface area contributed by atoms with Gasteiger partial charge < -0.3 is 10.1 Å². The predicted octanol–water partition coefficient (Wildman–Crippen LogP) is 3.39. The molecule has 1 aliphatic rings. The first-order valence-electron chi connectivity index (χ1n) is 8.72. The summed E-state index contributed by atoms with van der Waals surface area (Å²) in [6.07, 6.45) is 6.36. The lowest BCUT2D eigenvalue weighted by atomic mass is 10.1. The molecular weight excluding hydrogens is 290 g/mol. The molecule has 2 atom stereocenters. The summed E-state index contributed by atoms with van der Waals surface area (Å²) in [7, 11) is 0. The average Bonchev–Trinajstić information content (AvgIpc) is 3.37. The van der Waals surface area contributed by atoms with E-state index in [-0.39, 0.29) is 11.7 Å². The number of hydrogen-bond acceptors (Lipinski definition) is 3. The van der Waals surface area contributed by atoms with Crippen molar-refractivity contribution in [3.05, 3.63) is 35.9 Å². The molecule has 1 aliphatic heterocycles. The van der Waals surface area contributed by atoms with Crippen LogP contribution in [0.3, 0.4) is 0 Å². The van der Waals surface area contributed by atoms with Crippen molar-refractivity contribution >= 4 is 11.7 Å². The lowest BCUT2D eigenvalue weighted by Gasteiger charge is -2.03. The minimum Gasteiger partial charge on any atom is -0.351 e. The Bertz CT molecular complexity index is 501. The first kappa shape index (κ1) is 17.7. The Morgan fingerprint density at radius 1 is 1.00 bits per heavy atom. The zero-order valence-electron chi connectivity index (χ0n) is 13.9. The average molecular weight is 317 g/mol. The first-order valence-corrected chi connectivity index (χ1v) is 8.72. The fourth-order valence-electron chi connectivity index (χ4n) is 2.66. The molecule has 4 heteroatoms. The second-order valence-corrected chi connectivity index (χ2v) is 6.16. The molecule has 2 rings (SSSR count). The van der Waals surface area contributed by atoms with Crippen LogP contribution in [0.15, 0.2) is 30.3 Å². The summed E-state index contributed by atoms with van der Waals surface area (Å²) in [5, 5.41) is 2.82. The largest absolute Gasteiger partial charge is 0.351 e. The summed E-state index contributed by atoms with van der Waals surface area (Å²) in [5.74, 6) is -0.115. The molecule has 0 aliphatic carbocycles. The number of carbonyl (C=O) groups excluding carboxylic acids is 2. The normalized spacial score (nSPS) is 19.3. The molecule has 0 radical (unpaired) electrons. The van der Waals surface area contributed by atoms with Crippen molar-refractivity contribution in [1.82, 2.24) is 5.32 Å². The fourth-order valence-corrected chi connectivity index (χ4v) is 2.66. The van der Waals surface area contributed by atoms with E-state index < -0.39 is 12.2 Å². The van der Waals surface area contributed by atoms with Crippen molar-refractivity contribution < 1.29 is 14.3 Å². The Labute approximate surface area is 138 Å². The van der Waals surface area contributed by atoms with Crippen molar-refractivity contribution in [1.29, 1.82) is 0 Å². The Morgan fingerprint density at radius 3 is 2.43 bits per heavy atom. The third kappa shape index (κ3) is 6.14.